The Kier molecular flexibility index (Phi) is 3.27. The Bertz CT molecular complexity index is 803. The Morgan fingerprint density at radius 1 is 1.10 bits per heavy atom. The summed E-state index contributed by atoms with van der Waals surface area (Å²) in [6, 6.07) is 7.81. The topological polar surface area (TPSA) is 99.9 Å². The van der Waals surface area contributed by atoms with Crippen LogP contribution in [0.4, 0.5) is 11.8 Å². The van der Waals surface area contributed by atoms with Crippen molar-refractivity contribution in [2.45, 2.75) is 6.42 Å². The van der Waals surface area contributed by atoms with Crippen molar-refractivity contribution in [2.24, 2.45) is 0 Å². The minimum Gasteiger partial charge on any atom is -0.494 e. The molecule has 6 nitrogen and oxygen atoms in total. The lowest BCUT2D eigenvalue weighted by Crippen LogP contribution is -2.04. The van der Waals surface area contributed by atoms with Crippen molar-refractivity contribution >= 4 is 22.7 Å². The number of benzene rings is 1. The van der Waals surface area contributed by atoms with E-state index in [-0.39, 0.29) is 5.95 Å². The van der Waals surface area contributed by atoms with Crippen LogP contribution in [0.2, 0.25) is 0 Å². The molecule has 0 amide bonds. The molecular formula is C15H15N5O. The molecule has 0 aliphatic heterocycles. The number of ether oxygens (including phenoxy) is 1. The van der Waals surface area contributed by atoms with Crippen LogP contribution in [0.25, 0.3) is 10.9 Å². The van der Waals surface area contributed by atoms with E-state index in [1.54, 1.807) is 19.5 Å². The van der Waals surface area contributed by atoms with Gasteiger partial charge in [0, 0.05) is 29.8 Å². The molecule has 0 fully saturated rings. The molecule has 0 saturated carbocycles. The van der Waals surface area contributed by atoms with Gasteiger partial charge in [0.05, 0.1) is 7.11 Å². The average Bonchev–Trinajstić information content (AvgIpc) is 2.50. The lowest BCUT2D eigenvalue weighted by atomic mass is 10.0. The van der Waals surface area contributed by atoms with Gasteiger partial charge in [-0.1, -0.05) is 12.1 Å². The van der Waals surface area contributed by atoms with E-state index in [0.717, 1.165) is 27.8 Å². The van der Waals surface area contributed by atoms with E-state index >= 15 is 0 Å². The molecule has 1 aromatic carbocycles. The zero-order valence-electron chi connectivity index (χ0n) is 11.6. The van der Waals surface area contributed by atoms with Gasteiger partial charge in [-0.15, -0.1) is 0 Å². The van der Waals surface area contributed by atoms with E-state index in [1.807, 2.05) is 24.3 Å². The first kappa shape index (κ1) is 13.1. The highest BCUT2D eigenvalue weighted by atomic mass is 16.5. The highest BCUT2D eigenvalue weighted by molar-refractivity contribution is 5.87. The van der Waals surface area contributed by atoms with Gasteiger partial charge in [-0.2, -0.15) is 4.98 Å². The molecule has 2 aromatic heterocycles. The van der Waals surface area contributed by atoms with Gasteiger partial charge in [0.1, 0.15) is 17.1 Å². The van der Waals surface area contributed by atoms with Gasteiger partial charge >= 0.3 is 0 Å². The SMILES string of the molecule is COc1ccc(Cc2cnc(N)nc2N)c2cccnc12. The van der Waals surface area contributed by atoms with E-state index in [2.05, 4.69) is 15.0 Å². The first-order valence-corrected chi connectivity index (χ1v) is 6.46. The molecule has 4 N–H and O–H groups in total. The van der Waals surface area contributed by atoms with Crippen molar-refractivity contribution in [3.8, 4) is 5.75 Å². The monoisotopic (exact) mass is 281 g/mol. The molecule has 2 heterocycles. The van der Waals surface area contributed by atoms with Crippen molar-refractivity contribution in [3.63, 3.8) is 0 Å². The number of nitrogens with zero attached hydrogens (tertiary/aromatic N) is 3. The zero-order valence-corrected chi connectivity index (χ0v) is 11.6. The summed E-state index contributed by atoms with van der Waals surface area (Å²) in [5.41, 5.74) is 14.2. The molecule has 0 atom stereocenters. The number of hydrogen-bond acceptors (Lipinski definition) is 6. The van der Waals surface area contributed by atoms with Gasteiger partial charge in [0.2, 0.25) is 5.95 Å². The number of fused-ring (bicyclic) bond motifs is 1. The highest BCUT2D eigenvalue weighted by Gasteiger charge is 2.10. The smallest absolute Gasteiger partial charge is 0.221 e. The van der Waals surface area contributed by atoms with Gasteiger partial charge < -0.3 is 16.2 Å². The number of pyridine rings is 1. The van der Waals surface area contributed by atoms with Crippen LogP contribution in [0.1, 0.15) is 11.1 Å². The Morgan fingerprint density at radius 2 is 1.95 bits per heavy atom. The Morgan fingerprint density at radius 3 is 2.71 bits per heavy atom. The lowest BCUT2D eigenvalue weighted by Gasteiger charge is -2.10. The fourth-order valence-corrected chi connectivity index (χ4v) is 2.30. The third kappa shape index (κ3) is 2.43. The van der Waals surface area contributed by atoms with Gasteiger partial charge in [-0.25, -0.2) is 4.98 Å². The Labute approximate surface area is 121 Å². The van der Waals surface area contributed by atoms with Crippen LogP contribution < -0.4 is 16.2 Å². The van der Waals surface area contributed by atoms with E-state index in [4.69, 9.17) is 16.2 Å². The number of aromatic nitrogens is 3. The van der Waals surface area contributed by atoms with Crippen LogP contribution in [0.5, 0.6) is 5.75 Å². The molecule has 3 rings (SSSR count). The standard InChI is InChI=1S/C15H15N5O/c1-21-12-5-4-9(11-3-2-6-18-13(11)12)7-10-8-19-15(17)20-14(10)16/h2-6,8H,7H2,1H3,(H4,16,17,19,20). The fraction of sp³-hybridized carbons (Fsp3) is 0.133. The molecule has 0 aliphatic rings. The summed E-state index contributed by atoms with van der Waals surface area (Å²) in [7, 11) is 1.63. The van der Waals surface area contributed by atoms with Crippen LogP contribution in [-0.2, 0) is 6.42 Å². The van der Waals surface area contributed by atoms with Crippen molar-refractivity contribution in [1.82, 2.24) is 15.0 Å². The quantitative estimate of drug-likeness (QED) is 0.759. The Balaban J connectivity index is 2.09. The molecule has 0 unspecified atom stereocenters. The first-order valence-electron chi connectivity index (χ1n) is 6.46. The summed E-state index contributed by atoms with van der Waals surface area (Å²) in [4.78, 5) is 12.4. The molecule has 3 aromatic rings. The maximum Gasteiger partial charge on any atom is 0.221 e. The minimum atomic E-state index is 0.178. The minimum absolute atomic E-state index is 0.178. The first-order chi connectivity index (χ1) is 10.2. The van der Waals surface area contributed by atoms with E-state index < -0.39 is 0 Å². The van der Waals surface area contributed by atoms with Crippen molar-refractivity contribution < 1.29 is 4.74 Å². The van der Waals surface area contributed by atoms with Crippen LogP contribution in [0.15, 0.2) is 36.7 Å². The molecular weight excluding hydrogens is 266 g/mol. The summed E-state index contributed by atoms with van der Waals surface area (Å²) < 4.78 is 5.34. The Hall–Kier alpha value is -2.89. The summed E-state index contributed by atoms with van der Waals surface area (Å²) in [5, 5.41) is 1.02. The molecule has 6 heteroatoms. The number of nitrogen functional groups attached to an aromatic ring is 2. The van der Waals surface area contributed by atoms with Crippen molar-refractivity contribution in [1.29, 1.82) is 0 Å². The zero-order chi connectivity index (χ0) is 14.8. The fourth-order valence-electron chi connectivity index (χ4n) is 2.30. The van der Waals surface area contributed by atoms with Crippen LogP contribution in [-0.4, -0.2) is 22.1 Å². The molecule has 0 bridgehead atoms. The van der Waals surface area contributed by atoms with E-state index in [1.165, 1.54) is 0 Å². The second-order valence-electron chi connectivity index (χ2n) is 4.64. The predicted octanol–water partition coefficient (Wildman–Crippen LogP) is 1.79. The third-order valence-electron chi connectivity index (χ3n) is 3.34. The van der Waals surface area contributed by atoms with Crippen LogP contribution in [0.3, 0.4) is 0 Å². The highest BCUT2D eigenvalue weighted by Crippen LogP contribution is 2.28. The number of methoxy groups -OCH3 is 1. The molecule has 106 valence electrons. The van der Waals surface area contributed by atoms with E-state index in [0.29, 0.717) is 12.2 Å². The van der Waals surface area contributed by atoms with Gasteiger partial charge in [0.25, 0.3) is 0 Å². The third-order valence-corrected chi connectivity index (χ3v) is 3.34. The van der Waals surface area contributed by atoms with Crippen molar-refractivity contribution in [3.05, 3.63) is 47.8 Å². The lowest BCUT2D eigenvalue weighted by molar-refractivity contribution is 0.419. The maximum absolute atomic E-state index is 5.90. The molecule has 21 heavy (non-hydrogen) atoms. The summed E-state index contributed by atoms with van der Waals surface area (Å²) in [6.45, 7) is 0. The van der Waals surface area contributed by atoms with Gasteiger partial charge in [-0.05, 0) is 17.7 Å². The summed E-state index contributed by atoms with van der Waals surface area (Å²) in [5.74, 6) is 1.32. The van der Waals surface area contributed by atoms with Crippen LogP contribution >= 0.6 is 0 Å². The number of rotatable bonds is 3. The molecule has 0 saturated heterocycles. The van der Waals surface area contributed by atoms with Gasteiger partial charge in [-0.3, -0.25) is 4.98 Å². The molecule has 0 aliphatic carbocycles. The van der Waals surface area contributed by atoms with Crippen LogP contribution in [0, 0.1) is 0 Å². The summed E-state index contributed by atoms with van der Waals surface area (Å²) >= 11 is 0. The van der Waals surface area contributed by atoms with E-state index in [9.17, 15) is 0 Å². The average molecular weight is 281 g/mol. The molecule has 0 radical (unpaired) electrons. The summed E-state index contributed by atoms with van der Waals surface area (Å²) in [6.07, 6.45) is 4.01. The number of hydrogen-bond donors (Lipinski definition) is 2. The maximum atomic E-state index is 5.90. The number of nitrogens with two attached hydrogens (primary N) is 2. The second-order valence-corrected chi connectivity index (χ2v) is 4.64. The van der Waals surface area contributed by atoms with Crippen molar-refractivity contribution in [2.75, 3.05) is 18.6 Å². The second kappa shape index (κ2) is 5.24. The largest absolute Gasteiger partial charge is 0.494 e. The molecule has 0 spiro atoms. The number of anilines is 2. The van der Waals surface area contributed by atoms with Gasteiger partial charge in [0.15, 0.2) is 0 Å². The predicted molar refractivity (Wildman–Crippen MR) is 82.0 cm³/mol. The normalized spacial score (nSPS) is 10.7.